The molecule has 1 fully saturated rings. The second-order valence-electron chi connectivity index (χ2n) is 4.36. The summed E-state index contributed by atoms with van der Waals surface area (Å²) in [6.07, 6.45) is 1.86. The van der Waals surface area contributed by atoms with Crippen molar-refractivity contribution in [2.75, 3.05) is 23.7 Å². The van der Waals surface area contributed by atoms with Gasteiger partial charge in [-0.2, -0.15) is 11.8 Å². The molecule has 2 heterocycles. The highest BCUT2D eigenvalue weighted by Gasteiger charge is 2.18. The molecular weight excluding hydrogens is 218 g/mol. The molecule has 0 saturated carbocycles. The van der Waals surface area contributed by atoms with Crippen molar-refractivity contribution in [3.63, 3.8) is 0 Å². The number of thioether (sulfide) groups is 1. The van der Waals surface area contributed by atoms with E-state index < -0.39 is 0 Å². The van der Waals surface area contributed by atoms with E-state index in [9.17, 15) is 0 Å². The Morgan fingerprint density at radius 2 is 2.44 bits per heavy atom. The largest absolute Gasteiger partial charge is 0.355 e. The van der Waals surface area contributed by atoms with Crippen LogP contribution in [0.1, 0.15) is 25.5 Å². The number of nitrogens with zero attached hydrogens (tertiary/aromatic N) is 2. The first kappa shape index (κ1) is 11.7. The van der Waals surface area contributed by atoms with Crippen LogP contribution in [0, 0.1) is 0 Å². The molecule has 4 heteroatoms. The van der Waals surface area contributed by atoms with Gasteiger partial charge in [0.05, 0.1) is 0 Å². The van der Waals surface area contributed by atoms with Crippen molar-refractivity contribution >= 4 is 17.6 Å². The summed E-state index contributed by atoms with van der Waals surface area (Å²) in [6.45, 7) is 6.45. The van der Waals surface area contributed by atoms with E-state index in [1.165, 1.54) is 5.75 Å². The molecule has 1 aromatic heterocycles. The van der Waals surface area contributed by atoms with Gasteiger partial charge >= 0.3 is 0 Å². The number of hydrogen-bond acceptors (Lipinski definition) is 4. The van der Waals surface area contributed by atoms with E-state index in [0.29, 0.717) is 5.25 Å². The Bertz CT molecular complexity index is 354. The zero-order chi connectivity index (χ0) is 11.5. The SMILES string of the molecule is CC1CN(c2cc(C(C)N)ccn2)CCS1. The van der Waals surface area contributed by atoms with E-state index in [-0.39, 0.29) is 6.04 Å². The lowest BCUT2D eigenvalue weighted by Gasteiger charge is -2.31. The number of hydrogen-bond donors (Lipinski definition) is 1. The number of anilines is 1. The van der Waals surface area contributed by atoms with Crippen LogP contribution in [0.5, 0.6) is 0 Å². The number of rotatable bonds is 2. The third-order valence-corrected chi connectivity index (χ3v) is 4.00. The van der Waals surface area contributed by atoms with Crippen molar-refractivity contribution in [2.24, 2.45) is 5.73 Å². The topological polar surface area (TPSA) is 42.1 Å². The fourth-order valence-corrected chi connectivity index (χ4v) is 2.93. The molecule has 2 N–H and O–H groups in total. The summed E-state index contributed by atoms with van der Waals surface area (Å²) < 4.78 is 0. The monoisotopic (exact) mass is 237 g/mol. The molecule has 3 nitrogen and oxygen atoms in total. The second-order valence-corrected chi connectivity index (χ2v) is 5.91. The van der Waals surface area contributed by atoms with Crippen molar-refractivity contribution in [2.45, 2.75) is 25.1 Å². The molecule has 2 unspecified atom stereocenters. The van der Waals surface area contributed by atoms with E-state index in [2.05, 4.69) is 22.9 Å². The van der Waals surface area contributed by atoms with Crippen LogP contribution < -0.4 is 10.6 Å². The average Bonchev–Trinajstić information content (AvgIpc) is 2.29. The number of nitrogens with two attached hydrogens (primary N) is 1. The van der Waals surface area contributed by atoms with Gasteiger partial charge in [0.1, 0.15) is 5.82 Å². The predicted octanol–water partition coefficient (Wildman–Crippen LogP) is 2.04. The maximum Gasteiger partial charge on any atom is 0.128 e. The molecule has 1 aliphatic heterocycles. The van der Waals surface area contributed by atoms with Gasteiger partial charge in [-0.1, -0.05) is 6.92 Å². The van der Waals surface area contributed by atoms with Crippen LogP contribution in [0.4, 0.5) is 5.82 Å². The van der Waals surface area contributed by atoms with Gasteiger partial charge in [-0.15, -0.1) is 0 Å². The van der Waals surface area contributed by atoms with Crippen LogP contribution in [0.2, 0.25) is 0 Å². The summed E-state index contributed by atoms with van der Waals surface area (Å²) >= 11 is 2.03. The highest BCUT2D eigenvalue weighted by atomic mass is 32.2. The minimum absolute atomic E-state index is 0.0818. The fourth-order valence-electron chi connectivity index (χ4n) is 1.92. The van der Waals surface area contributed by atoms with E-state index in [1.54, 1.807) is 0 Å². The molecule has 2 rings (SSSR count). The Hall–Kier alpha value is -0.740. The lowest BCUT2D eigenvalue weighted by Crippen LogP contribution is -2.37. The highest BCUT2D eigenvalue weighted by molar-refractivity contribution is 8.00. The molecule has 1 aliphatic rings. The maximum absolute atomic E-state index is 5.89. The molecule has 0 radical (unpaired) electrons. The first-order valence-electron chi connectivity index (χ1n) is 5.75. The number of pyridine rings is 1. The van der Waals surface area contributed by atoms with Gasteiger partial charge < -0.3 is 10.6 Å². The first-order valence-corrected chi connectivity index (χ1v) is 6.80. The molecule has 0 aromatic carbocycles. The second kappa shape index (κ2) is 5.06. The van der Waals surface area contributed by atoms with Crippen molar-refractivity contribution in [1.82, 2.24) is 4.98 Å². The zero-order valence-corrected chi connectivity index (χ0v) is 10.7. The molecule has 2 atom stereocenters. The Labute approximate surface area is 101 Å². The normalized spacial score (nSPS) is 23.2. The molecule has 16 heavy (non-hydrogen) atoms. The third-order valence-electron chi connectivity index (χ3n) is 2.86. The van der Waals surface area contributed by atoms with Crippen molar-refractivity contribution in [3.8, 4) is 0 Å². The Balaban J connectivity index is 2.16. The van der Waals surface area contributed by atoms with Crippen molar-refractivity contribution in [3.05, 3.63) is 23.9 Å². The minimum atomic E-state index is 0.0818. The smallest absolute Gasteiger partial charge is 0.128 e. The highest BCUT2D eigenvalue weighted by Crippen LogP contribution is 2.23. The molecule has 1 saturated heterocycles. The van der Waals surface area contributed by atoms with Crippen LogP contribution in [0.3, 0.4) is 0 Å². The molecule has 88 valence electrons. The van der Waals surface area contributed by atoms with E-state index in [0.717, 1.165) is 24.5 Å². The summed E-state index contributed by atoms with van der Waals surface area (Å²) in [5.74, 6) is 2.26. The van der Waals surface area contributed by atoms with Gasteiger partial charge in [-0.05, 0) is 24.6 Å². The van der Waals surface area contributed by atoms with E-state index >= 15 is 0 Å². The first-order chi connectivity index (χ1) is 7.66. The summed E-state index contributed by atoms with van der Waals surface area (Å²) in [5.41, 5.74) is 7.05. The van der Waals surface area contributed by atoms with Gasteiger partial charge in [-0.25, -0.2) is 4.98 Å². The lowest BCUT2D eigenvalue weighted by atomic mass is 10.1. The van der Waals surface area contributed by atoms with Crippen molar-refractivity contribution < 1.29 is 0 Å². The Kier molecular flexibility index (Phi) is 3.71. The van der Waals surface area contributed by atoms with Gasteiger partial charge in [0.2, 0.25) is 0 Å². The van der Waals surface area contributed by atoms with Crippen LogP contribution in [0.15, 0.2) is 18.3 Å². The maximum atomic E-state index is 5.89. The molecule has 0 bridgehead atoms. The molecule has 0 spiro atoms. The fraction of sp³-hybridized carbons (Fsp3) is 0.583. The summed E-state index contributed by atoms with van der Waals surface area (Å²) in [6, 6.07) is 4.20. The average molecular weight is 237 g/mol. The van der Waals surface area contributed by atoms with Gasteiger partial charge in [0.25, 0.3) is 0 Å². The lowest BCUT2D eigenvalue weighted by molar-refractivity contribution is 0.762. The molecule has 1 aromatic rings. The summed E-state index contributed by atoms with van der Waals surface area (Å²) in [5, 5.41) is 0.689. The molecular formula is C12H19N3S. The summed E-state index contributed by atoms with van der Waals surface area (Å²) in [7, 11) is 0. The standard InChI is InChI=1S/C12H19N3S/c1-9-8-15(5-6-16-9)12-7-11(10(2)13)3-4-14-12/h3-4,7,9-10H,5-6,8,13H2,1-2H3. The van der Waals surface area contributed by atoms with Crippen LogP contribution in [-0.2, 0) is 0 Å². The van der Waals surface area contributed by atoms with Crippen LogP contribution in [-0.4, -0.2) is 29.1 Å². The minimum Gasteiger partial charge on any atom is -0.355 e. The predicted molar refractivity (Wildman–Crippen MR) is 71.0 cm³/mol. The number of aromatic nitrogens is 1. The third kappa shape index (κ3) is 2.68. The van der Waals surface area contributed by atoms with E-state index in [4.69, 9.17) is 5.73 Å². The van der Waals surface area contributed by atoms with E-state index in [1.807, 2.05) is 30.9 Å². The summed E-state index contributed by atoms with van der Waals surface area (Å²) in [4.78, 5) is 6.80. The van der Waals surface area contributed by atoms with Gasteiger partial charge in [0.15, 0.2) is 0 Å². The zero-order valence-electron chi connectivity index (χ0n) is 9.89. The molecule has 0 amide bonds. The Morgan fingerprint density at radius 1 is 1.62 bits per heavy atom. The van der Waals surface area contributed by atoms with Gasteiger partial charge in [-0.3, -0.25) is 0 Å². The van der Waals surface area contributed by atoms with Gasteiger partial charge in [0, 0.05) is 36.3 Å². The van der Waals surface area contributed by atoms with Crippen molar-refractivity contribution in [1.29, 1.82) is 0 Å². The quantitative estimate of drug-likeness (QED) is 0.855. The Morgan fingerprint density at radius 3 is 3.12 bits per heavy atom. The van der Waals surface area contributed by atoms with Crippen LogP contribution >= 0.6 is 11.8 Å². The molecule has 0 aliphatic carbocycles. The van der Waals surface area contributed by atoms with Crippen LogP contribution in [0.25, 0.3) is 0 Å².